The standard InChI is InChI=1S/C9H12F3N5O/c1-4(7(18)14-2)15-6-3-5(13)16-8(17-6)9(10,11)12/h3-4H,1-2H3,(H,14,18)(H3,13,15,16,17). The number of hydrogen-bond donors (Lipinski definition) is 3. The fourth-order valence-electron chi connectivity index (χ4n) is 1.17. The van der Waals surface area contributed by atoms with Gasteiger partial charge in [-0.15, -0.1) is 0 Å². The number of likely N-dealkylation sites (N-methyl/N-ethyl adjacent to an activating group) is 1. The predicted molar refractivity (Wildman–Crippen MR) is 58.6 cm³/mol. The second-order valence-electron chi connectivity index (χ2n) is 3.48. The Balaban J connectivity index is 2.97. The monoisotopic (exact) mass is 263 g/mol. The van der Waals surface area contributed by atoms with Crippen LogP contribution in [0, 0.1) is 0 Å². The maximum Gasteiger partial charge on any atom is 0.451 e. The summed E-state index contributed by atoms with van der Waals surface area (Å²) in [5.74, 6) is -2.23. The summed E-state index contributed by atoms with van der Waals surface area (Å²) in [6.45, 7) is 1.48. The molecule has 0 radical (unpaired) electrons. The Hall–Kier alpha value is -2.06. The lowest BCUT2D eigenvalue weighted by Crippen LogP contribution is -2.35. The summed E-state index contributed by atoms with van der Waals surface area (Å²) in [7, 11) is 1.41. The molecule has 1 unspecified atom stereocenters. The largest absolute Gasteiger partial charge is 0.451 e. The molecule has 100 valence electrons. The lowest BCUT2D eigenvalue weighted by molar-refractivity contribution is -0.144. The molecule has 0 spiro atoms. The number of nitrogens with two attached hydrogens (primary N) is 1. The molecule has 0 aliphatic rings. The fraction of sp³-hybridized carbons (Fsp3) is 0.444. The number of nitrogens with zero attached hydrogens (tertiary/aromatic N) is 2. The van der Waals surface area contributed by atoms with Crippen molar-refractivity contribution in [2.75, 3.05) is 18.1 Å². The lowest BCUT2D eigenvalue weighted by Gasteiger charge is -2.14. The van der Waals surface area contributed by atoms with E-state index in [9.17, 15) is 18.0 Å². The Bertz CT molecular complexity index is 448. The first-order valence-electron chi connectivity index (χ1n) is 4.94. The van der Waals surface area contributed by atoms with Crippen LogP contribution in [0.25, 0.3) is 0 Å². The zero-order valence-electron chi connectivity index (χ0n) is 9.67. The Kier molecular flexibility index (Phi) is 3.94. The maximum absolute atomic E-state index is 12.4. The minimum Gasteiger partial charge on any atom is -0.384 e. The van der Waals surface area contributed by atoms with Gasteiger partial charge in [-0.1, -0.05) is 0 Å². The van der Waals surface area contributed by atoms with Crippen LogP contribution < -0.4 is 16.4 Å². The molecule has 0 aliphatic heterocycles. The molecule has 1 rings (SSSR count). The average Bonchev–Trinajstić information content (AvgIpc) is 2.25. The molecule has 1 heterocycles. The molecular weight excluding hydrogens is 251 g/mol. The van der Waals surface area contributed by atoms with Gasteiger partial charge in [-0.2, -0.15) is 13.2 Å². The van der Waals surface area contributed by atoms with Crippen LogP contribution in [0.2, 0.25) is 0 Å². The molecule has 4 N–H and O–H groups in total. The highest BCUT2D eigenvalue weighted by molar-refractivity contribution is 5.83. The molecular formula is C9H12F3N5O. The molecule has 0 fully saturated rings. The number of hydrogen-bond acceptors (Lipinski definition) is 5. The Morgan fingerprint density at radius 2 is 2.06 bits per heavy atom. The summed E-state index contributed by atoms with van der Waals surface area (Å²) >= 11 is 0. The number of amides is 1. The first kappa shape index (κ1) is 14.0. The number of alkyl halides is 3. The molecule has 6 nitrogen and oxygen atoms in total. The molecule has 9 heteroatoms. The highest BCUT2D eigenvalue weighted by Gasteiger charge is 2.35. The number of nitrogens with one attached hydrogen (secondary N) is 2. The van der Waals surface area contributed by atoms with Crippen molar-refractivity contribution in [3.05, 3.63) is 11.9 Å². The molecule has 0 aliphatic carbocycles. The van der Waals surface area contributed by atoms with Gasteiger partial charge in [-0.3, -0.25) is 4.79 Å². The number of rotatable bonds is 3. The Morgan fingerprint density at radius 3 is 2.56 bits per heavy atom. The normalized spacial score (nSPS) is 12.9. The summed E-state index contributed by atoms with van der Waals surface area (Å²) < 4.78 is 37.3. The maximum atomic E-state index is 12.4. The van der Waals surface area contributed by atoms with Crippen LogP contribution in [0.1, 0.15) is 12.7 Å². The number of carbonyl (C=O) groups excluding carboxylic acids is 1. The van der Waals surface area contributed by atoms with Gasteiger partial charge in [0, 0.05) is 13.1 Å². The minimum atomic E-state index is -4.69. The van der Waals surface area contributed by atoms with Crippen LogP contribution in [0.4, 0.5) is 24.8 Å². The Labute approximate surface area is 101 Å². The smallest absolute Gasteiger partial charge is 0.384 e. The molecule has 1 aromatic heterocycles. The van der Waals surface area contributed by atoms with Crippen molar-refractivity contribution in [1.82, 2.24) is 15.3 Å². The van der Waals surface area contributed by atoms with Crippen molar-refractivity contribution in [2.45, 2.75) is 19.1 Å². The molecule has 0 saturated carbocycles. The van der Waals surface area contributed by atoms with Gasteiger partial charge in [-0.25, -0.2) is 9.97 Å². The van der Waals surface area contributed by atoms with Crippen LogP contribution in [0.3, 0.4) is 0 Å². The van der Waals surface area contributed by atoms with Crippen LogP contribution in [0.5, 0.6) is 0 Å². The van der Waals surface area contributed by atoms with Gasteiger partial charge in [0.15, 0.2) is 0 Å². The van der Waals surface area contributed by atoms with E-state index >= 15 is 0 Å². The number of anilines is 2. The molecule has 1 atom stereocenters. The van der Waals surface area contributed by atoms with Gasteiger partial charge in [-0.05, 0) is 6.92 Å². The summed E-state index contributed by atoms with van der Waals surface area (Å²) in [5, 5.41) is 4.85. The van der Waals surface area contributed by atoms with Gasteiger partial charge < -0.3 is 16.4 Å². The number of halogens is 3. The van der Waals surface area contributed by atoms with E-state index in [0.717, 1.165) is 6.07 Å². The second-order valence-corrected chi connectivity index (χ2v) is 3.48. The molecule has 0 aromatic carbocycles. The van der Waals surface area contributed by atoms with Crippen molar-refractivity contribution < 1.29 is 18.0 Å². The zero-order chi connectivity index (χ0) is 13.9. The van der Waals surface area contributed by atoms with E-state index in [-0.39, 0.29) is 17.5 Å². The third-order valence-corrected chi connectivity index (χ3v) is 2.00. The van der Waals surface area contributed by atoms with Crippen molar-refractivity contribution in [3.63, 3.8) is 0 Å². The topological polar surface area (TPSA) is 92.9 Å². The average molecular weight is 263 g/mol. The Morgan fingerprint density at radius 1 is 1.44 bits per heavy atom. The zero-order valence-corrected chi connectivity index (χ0v) is 9.67. The summed E-state index contributed by atoms with van der Waals surface area (Å²) in [6.07, 6.45) is -4.69. The minimum absolute atomic E-state index is 0.161. The van der Waals surface area contributed by atoms with Gasteiger partial charge in [0.1, 0.15) is 17.7 Å². The quantitative estimate of drug-likeness (QED) is 0.743. The third kappa shape index (κ3) is 3.47. The van der Waals surface area contributed by atoms with Crippen LogP contribution in [0.15, 0.2) is 6.07 Å². The van der Waals surface area contributed by atoms with Crippen molar-refractivity contribution in [2.24, 2.45) is 0 Å². The van der Waals surface area contributed by atoms with Gasteiger partial charge in [0.05, 0.1) is 0 Å². The number of carbonyl (C=O) groups is 1. The second kappa shape index (κ2) is 5.07. The lowest BCUT2D eigenvalue weighted by atomic mass is 10.3. The summed E-state index contributed by atoms with van der Waals surface area (Å²) in [4.78, 5) is 17.5. The summed E-state index contributed by atoms with van der Waals surface area (Å²) in [6, 6.07) is 0.375. The van der Waals surface area contributed by atoms with Gasteiger partial charge in [0.25, 0.3) is 0 Å². The van der Waals surface area contributed by atoms with Crippen LogP contribution in [-0.2, 0) is 11.0 Å². The fourth-order valence-corrected chi connectivity index (χ4v) is 1.17. The first-order valence-corrected chi connectivity index (χ1v) is 4.94. The molecule has 18 heavy (non-hydrogen) atoms. The van der Waals surface area contributed by atoms with Crippen molar-refractivity contribution in [1.29, 1.82) is 0 Å². The molecule has 1 amide bonds. The van der Waals surface area contributed by atoms with E-state index in [0.29, 0.717) is 0 Å². The summed E-state index contributed by atoms with van der Waals surface area (Å²) in [5.41, 5.74) is 5.25. The number of aromatic nitrogens is 2. The third-order valence-electron chi connectivity index (χ3n) is 2.00. The van der Waals surface area contributed by atoms with E-state index in [1.807, 2.05) is 0 Å². The van der Waals surface area contributed by atoms with Crippen molar-refractivity contribution in [3.8, 4) is 0 Å². The molecule has 0 bridgehead atoms. The van der Waals surface area contributed by atoms with Gasteiger partial charge >= 0.3 is 6.18 Å². The van der Waals surface area contributed by atoms with Crippen LogP contribution in [-0.4, -0.2) is 29.0 Å². The SMILES string of the molecule is CNC(=O)C(C)Nc1cc(N)nc(C(F)(F)F)n1. The number of nitrogen functional groups attached to an aromatic ring is 1. The van der Waals surface area contributed by atoms with E-state index in [1.165, 1.54) is 14.0 Å². The molecule has 0 saturated heterocycles. The first-order chi connectivity index (χ1) is 8.24. The highest BCUT2D eigenvalue weighted by atomic mass is 19.4. The van der Waals surface area contributed by atoms with E-state index in [2.05, 4.69) is 20.6 Å². The molecule has 1 aromatic rings. The van der Waals surface area contributed by atoms with E-state index in [1.54, 1.807) is 0 Å². The highest BCUT2D eigenvalue weighted by Crippen LogP contribution is 2.27. The van der Waals surface area contributed by atoms with Gasteiger partial charge in [0.2, 0.25) is 11.7 Å². The van der Waals surface area contributed by atoms with E-state index < -0.39 is 18.0 Å². The predicted octanol–water partition coefficient (Wildman–Crippen LogP) is 0.624. The van der Waals surface area contributed by atoms with Crippen LogP contribution >= 0.6 is 0 Å². The van der Waals surface area contributed by atoms with E-state index in [4.69, 9.17) is 5.73 Å². The van der Waals surface area contributed by atoms with Crippen molar-refractivity contribution >= 4 is 17.5 Å².